The molecule has 1 amide bonds. The van der Waals surface area contributed by atoms with Gasteiger partial charge in [0, 0.05) is 30.6 Å². The predicted molar refractivity (Wildman–Crippen MR) is 108 cm³/mol. The minimum absolute atomic E-state index is 0.0771. The van der Waals surface area contributed by atoms with Crippen LogP contribution in [0.25, 0.3) is 0 Å². The molecular weight excluding hydrogens is 375 g/mol. The van der Waals surface area contributed by atoms with Crippen molar-refractivity contribution >= 4 is 17.4 Å². The second-order valence-corrected chi connectivity index (χ2v) is 6.83. The van der Waals surface area contributed by atoms with Crippen molar-refractivity contribution in [3.05, 3.63) is 59.4 Å². The standard InChI is InChI=1S/C22H25FN2O4/c1-28-20-9-3-7-18(19(26)8-4-10-25-11-13-29-14-12-25)21(20)24-22(27)16-5-2-6-17(23)15-16/h2-3,5-7,9,15H,4,8,10-14H2,1H3,(H,24,27). The summed E-state index contributed by atoms with van der Waals surface area (Å²) in [5.74, 6) is -0.700. The Kier molecular flexibility index (Phi) is 7.32. The average Bonchev–Trinajstić information content (AvgIpc) is 2.74. The molecule has 1 fully saturated rings. The lowest BCUT2D eigenvalue weighted by Crippen LogP contribution is -2.36. The van der Waals surface area contributed by atoms with E-state index in [0.717, 1.165) is 38.9 Å². The Hall–Kier alpha value is -2.77. The maximum absolute atomic E-state index is 13.4. The summed E-state index contributed by atoms with van der Waals surface area (Å²) in [6.45, 7) is 4.02. The quantitative estimate of drug-likeness (QED) is 0.688. The summed E-state index contributed by atoms with van der Waals surface area (Å²) in [5, 5.41) is 2.72. The number of carbonyl (C=O) groups excluding carboxylic acids is 2. The molecule has 3 rings (SSSR count). The fourth-order valence-corrected chi connectivity index (χ4v) is 3.30. The van der Waals surface area contributed by atoms with E-state index in [1.165, 1.54) is 25.3 Å². The molecular formula is C22H25FN2O4. The van der Waals surface area contributed by atoms with Crippen LogP contribution in [0.2, 0.25) is 0 Å². The number of halogens is 1. The molecule has 1 aliphatic heterocycles. The number of rotatable bonds is 8. The number of ether oxygens (including phenoxy) is 2. The summed E-state index contributed by atoms with van der Waals surface area (Å²) in [6.07, 6.45) is 1.07. The first-order valence-electron chi connectivity index (χ1n) is 9.65. The van der Waals surface area contributed by atoms with Crippen molar-refractivity contribution in [3.8, 4) is 5.75 Å². The minimum Gasteiger partial charge on any atom is -0.495 e. The van der Waals surface area contributed by atoms with Gasteiger partial charge in [0.2, 0.25) is 0 Å². The highest BCUT2D eigenvalue weighted by molar-refractivity contribution is 6.10. The van der Waals surface area contributed by atoms with Gasteiger partial charge in [0.25, 0.3) is 5.91 Å². The number of nitrogens with zero attached hydrogens (tertiary/aromatic N) is 1. The number of nitrogens with one attached hydrogen (secondary N) is 1. The van der Waals surface area contributed by atoms with Gasteiger partial charge < -0.3 is 14.8 Å². The van der Waals surface area contributed by atoms with E-state index in [4.69, 9.17) is 9.47 Å². The van der Waals surface area contributed by atoms with Gasteiger partial charge in [-0.2, -0.15) is 0 Å². The lowest BCUT2D eigenvalue weighted by Gasteiger charge is -2.26. The number of anilines is 1. The number of hydrogen-bond acceptors (Lipinski definition) is 5. The summed E-state index contributed by atoms with van der Waals surface area (Å²) < 4.78 is 24.1. The highest BCUT2D eigenvalue weighted by atomic mass is 19.1. The molecule has 0 saturated carbocycles. The van der Waals surface area contributed by atoms with E-state index in [0.29, 0.717) is 29.8 Å². The summed E-state index contributed by atoms with van der Waals surface area (Å²) in [4.78, 5) is 27.7. The number of Topliss-reactive ketones (excluding diaryl/α,β-unsaturated/α-hetero) is 1. The Morgan fingerprint density at radius 1 is 1.17 bits per heavy atom. The summed E-state index contributed by atoms with van der Waals surface area (Å²) in [7, 11) is 1.47. The lowest BCUT2D eigenvalue weighted by molar-refractivity contribution is 0.0371. The molecule has 7 heteroatoms. The molecule has 2 aromatic rings. The van der Waals surface area contributed by atoms with Crippen molar-refractivity contribution < 1.29 is 23.5 Å². The Labute approximate surface area is 169 Å². The zero-order valence-corrected chi connectivity index (χ0v) is 16.4. The topological polar surface area (TPSA) is 67.9 Å². The number of morpholine rings is 1. The van der Waals surface area contributed by atoms with Crippen LogP contribution in [0.5, 0.6) is 5.75 Å². The smallest absolute Gasteiger partial charge is 0.255 e. The molecule has 1 heterocycles. The molecule has 0 atom stereocenters. The predicted octanol–water partition coefficient (Wildman–Crippen LogP) is 3.38. The average molecular weight is 400 g/mol. The van der Waals surface area contributed by atoms with Gasteiger partial charge in [0.1, 0.15) is 11.6 Å². The molecule has 0 radical (unpaired) electrons. The van der Waals surface area contributed by atoms with Gasteiger partial charge in [-0.15, -0.1) is 0 Å². The van der Waals surface area contributed by atoms with Crippen LogP contribution >= 0.6 is 0 Å². The molecule has 1 saturated heterocycles. The van der Waals surface area contributed by atoms with Gasteiger partial charge >= 0.3 is 0 Å². The van der Waals surface area contributed by atoms with E-state index in [1.54, 1.807) is 18.2 Å². The molecule has 0 aromatic heterocycles. The first-order chi connectivity index (χ1) is 14.1. The Balaban J connectivity index is 1.71. The third-order valence-corrected chi connectivity index (χ3v) is 4.85. The van der Waals surface area contributed by atoms with Crippen molar-refractivity contribution in [3.63, 3.8) is 0 Å². The van der Waals surface area contributed by atoms with Crippen LogP contribution < -0.4 is 10.1 Å². The van der Waals surface area contributed by atoms with Gasteiger partial charge in [-0.25, -0.2) is 4.39 Å². The van der Waals surface area contributed by atoms with E-state index in [1.807, 2.05) is 0 Å². The van der Waals surface area contributed by atoms with Crippen molar-refractivity contribution in [2.45, 2.75) is 12.8 Å². The van der Waals surface area contributed by atoms with Crippen LogP contribution in [-0.2, 0) is 4.74 Å². The second-order valence-electron chi connectivity index (χ2n) is 6.83. The van der Waals surface area contributed by atoms with Gasteiger partial charge in [-0.05, 0) is 43.3 Å². The zero-order valence-electron chi connectivity index (χ0n) is 16.4. The molecule has 0 bridgehead atoms. The molecule has 154 valence electrons. The van der Waals surface area contributed by atoms with Crippen LogP contribution in [0.15, 0.2) is 42.5 Å². The van der Waals surface area contributed by atoms with E-state index in [9.17, 15) is 14.0 Å². The van der Waals surface area contributed by atoms with E-state index < -0.39 is 11.7 Å². The normalized spacial score (nSPS) is 14.4. The number of amides is 1. The molecule has 0 spiro atoms. The number of hydrogen-bond donors (Lipinski definition) is 1. The van der Waals surface area contributed by atoms with E-state index in [2.05, 4.69) is 10.2 Å². The minimum atomic E-state index is -0.503. The van der Waals surface area contributed by atoms with Gasteiger partial charge in [-0.3, -0.25) is 14.5 Å². The summed E-state index contributed by atoms with van der Waals surface area (Å²) in [6, 6.07) is 10.4. The number of carbonyl (C=O) groups is 2. The monoisotopic (exact) mass is 400 g/mol. The second kappa shape index (κ2) is 10.1. The molecule has 1 N–H and O–H groups in total. The molecule has 2 aromatic carbocycles. The number of para-hydroxylation sites is 1. The number of methoxy groups -OCH3 is 1. The summed E-state index contributed by atoms with van der Waals surface area (Å²) >= 11 is 0. The van der Waals surface area contributed by atoms with Crippen molar-refractivity contribution in [2.75, 3.05) is 45.3 Å². The fraction of sp³-hybridized carbons (Fsp3) is 0.364. The van der Waals surface area contributed by atoms with Gasteiger partial charge in [-0.1, -0.05) is 12.1 Å². The zero-order chi connectivity index (χ0) is 20.6. The maximum Gasteiger partial charge on any atom is 0.255 e. The van der Waals surface area contributed by atoms with E-state index in [-0.39, 0.29) is 11.3 Å². The van der Waals surface area contributed by atoms with Crippen LogP contribution in [0.1, 0.15) is 33.6 Å². The number of ketones is 1. The Bertz CT molecular complexity index is 866. The van der Waals surface area contributed by atoms with E-state index >= 15 is 0 Å². The fourth-order valence-electron chi connectivity index (χ4n) is 3.30. The van der Waals surface area contributed by atoms with Crippen molar-refractivity contribution in [1.29, 1.82) is 0 Å². The largest absolute Gasteiger partial charge is 0.495 e. The molecule has 6 nitrogen and oxygen atoms in total. The van der Waals surface area contributed by atoms with Crippen LogP contribution in [-0.4, -0.2) is 56.5 Å². The Morgan fingerprint density at radius 3 is 2.66 bits per heavy atom. The van der Waals surface area contributed by atoms with Gasteiger partial charge in [0.15, 0.2) is 5.78 Å². The summed E-state index contributed by atoms with van der Waals surface area (Å²) in [5.41, 5.74) is 0.860. The van der Waals surface area contributed by atoms with Crippen molar-refractivity contribution in [2.24, 2.45) is 0 Å². The third kappa shape index (κ3) is 5.62. The Morgan fingerprint density at radius 2 is 1.93 bits per heavy atom. The first kappa shape index (κ1) is 21.0. The highest BCUT2D eigenvalue weighted by Gasteiger charge is 2.19. The first-order valence-corrected chi connectivity index (χ1v) is 9.65. The lowest BCUT2D eigenvalue weighted by atomic mass is 10.0. The number of benzene rings is 2. The molecule has 0 unspecified atom stereocenters. The van der Waals surface area contributed by atoms with Gasteiger partial charge in [0.05, 0.1) is 26.0 Å². The SMILES string of the molecule is COc1cccc(C(=O)CCCN2CCOCC2)c1NC(=O)c1cccc(F)c1. The van der Waals surface area contributed by atoms with Crippen LogP contribution in [0.3, 0.4) is 0 Å². The third-order valence-electron chi connectivity index (χ3n) is 4.85. The van der Waals surface area contributed by atoms with Crippen LogP contribution in [0.4, 0.5) is 10.1 Å². The maximum atomic E-state index is 13.4. The van der Waals surface area contributed by atoms with Crippen molar-refractivity contribution in [1.82, 2.24) is 4.90 Å². The highest BCUT2D eigenvalue weighted by Crippen LogP contribution is 2.30. The molecule has 0 aliphatic carbocycles. The molecule has 29 heavy (non-hydrogen) atoms. The molecule has 1 aliphatic rings. The van der Waals surface area contributed by atoms with Crippen LogP contribution in [0, 0.1) is 5.82 Å².